The zero-order valence-electron chi connectivity index (χ0n) is 10.8. The standard InChI is InChI=1S/C13H16F3N3/c1-9(2)18-5-6-19-12-4-3-11(13(14,15)16)7-10(12)8-17/h3-4,7,9,18-19H,5-6H2,1-2H3. The van der Waals surface area contributed by atoms with Crippen LogP contribution < -0.4 is 10.6 Å². The Labute approximate surface area is 110 Å². The van der Waals surface area contributed by atoms with Crippen LogP contribution in [0.5, 0.6) is 0 Å². The van der Waals surface area contributed by atoms with Crippen molar-refractivity contribution in [2.24, 2.45) is 0 Å². The second kappa shape index (κ2) is 6.43. The monoisotopic (exact) mass is 271 g/mol. The largest absolute Gasteiger partial charge is 0.416 e. The highest BCUT2D eigenvalue weighted by Gasteiger charge is 2.30. The quantitative estimate of drug-likeness (QED) is 0.809. The first-order valence-corrected chi connectivity index (χ1v) is 5.93. The van der Waals surface area contributed by atoms with E-state index in [0.717, 1.165) is 12.1 Å². The van der Waals surface area contributed by atoms with E-state index in [0.29, 0.717) is 24.8 Å². The van der Waals surface area contributed by atoms with Gasteiger partial charge in [-0.3, -0.25) is 0 Å². The van der Waals surface area contributed by atoms with Gasteiger partial charge in [0.05, 0.1) is 16.8 Å². The fourth-order valence-corrected chi connectivity index (χ4v) is 1.53. The van der Waals surface area contributed by atoms with Crippen molar-refractivity contribution in [3.63, 3.8) is 0 Å². The Hall–Kier alpha value is -1.74. The number of nitrogens with one attached hydrogen (secondary N) is 2. The predicted octanol–water partition coefficient (Wildman–Crippen LogP) is 2.99. The molecule has 1 aromatic rings. The van der Waals surface area contributed by atoms with Crippen molar-refractivity contribution in [1.82, 2.24) is 5.32 Å². The molecule has 0 aliphatic heterocycles. The van der Waals surface area contributed by atoms with E-state index in [1.54, 1.807) is 6.07 Å². The predicted molar refractivity (Wildman–Crippen MR) is 67.8 cm³/mol. The van der Waals surface area contributed by atoms with Crippen LogP contribution in [0, 0.1) is 11.3 Å². The van der Waals surface area contributed by atoms with Gasteiger partial charge in [-0.1, -0.05) is 13.8 Å². The van der Waals surface area contributed by atoms with Gasteiger partial charge in [0.25, 0.3) is 0 Å². The summed E-state index contributed by atoms with van der Waals surface area (Å²) in [7, 11) is 0. The highest BCUT2D eigenvalue weighted by atomic mass is 19.4. The van der Waals surface area contributed by atoms with E-state index in [2.05, 4.69) is 10.6 Å². The molecule has 1 aromatic carbocycles. The number of nitriles is 1. The number of halogens is 3. The first-order valence-electron chi connectivity index (χ1n) is 5.93. The van der Waals surface area contributed by atoms with Gasteiger partial charge in [0, 0.05) is 19.1 Å². The maximum atomic E-state index is 12.5. The van der Waals surface area contributed by atoms with Crippen LogP contribution in [0.15, 0.2) is 18.2 Å². The van der Waals surface area contributed by atoms with Crippen LogP contribution in [0.2, 0.25) is 0 Å². The van der Waals surface area contributed by atoms with Crippen LogP contribution in [-0.2, 0) is 6.18 Å². The van der Waals surface area contributed by atoms with Gasteiger partial charge in [-0.15, -0.1) is 0 Å². The van der Waals surface area contributed by atoms with Crippen molar-refractivity contribution in [3.05, 3.63) is 29.3 Å². The number of anilines is 1. The maximum Gasteiger partial charge on any atom is 0.416 e. The van der Waals surface area contributed by atoms with Crippen molar-refractivity contribution in [1.29, 1.82) is 5.26 Å². The van der Waals surface area contributed by atoms with Gasteiger partial charge in [0.1, 0.15) is 6.07 Å². The van der Waals surface area contributed by atoms with Gasteiger partial charge in [0.2, 0.25) is 0 Å². The molecule has 0 spiro atoms. The van der Waals surface area contributed by atoms with Gasteiger partial charge in [-0.25, -0.2) is 0 Å². The van der Waals surface area contributed by atoms with Crippen LogP contribution in [0.25, 0.3) is 0 Å². The zero-order chi connectivity index (χ0) is 14.5. The Morgan fingerprint density at radius 1 is 1.26 bits per heavy atom. The molecular weight excluding hydrogens is 255 g/mol. The van der Waals surface area contributed by atoms with E-state index >= 15 is 0 Å². The lowest BCUT2D eigenvalue weighted by Gasteiger charge is -2.13. The molecule has 0 aromatic heterocycles. The Bertz CT molecular complexity index is 461. The highest BCUT2D eigenvalue weighted by molar-refractivity contribution is 5.59. The summed E-state index contributed by atoms with van der Waals surface area (Å²) in [6.45, 7) is 5.21. The lowest BCUT2D eigenvalue weighted by atomic mass is 10.1. The van der Waals surface area contributed by atoms with Gasteiger partial charge in [-0.2, -0.15) is 18.4 Å². The van der Waals surface area contributed by atoms with E-state index in [1.165, 1.54) is 6.07 Å². The lowest BCUT2D eigenvalue weighted by Crippen LogP contribution is -2.28. The Kier molecular flexibility index (Phi) is 5.19. The molecule has 19 heavy (non-hydrogen) atoms. The molecule has 1 rings (SSSR count). The van der Waals surface area contributed by atoms with Gasteiger partial charge < -0.3 is 10.6 Å². The molecule has 0 saturated heterocycles. The smallest absolute Gasteiger partial charge is 0.383 e. The normalized spacial score (nSPS) is 11.4. The average Bonchev–Trinajstić information content (AvgIpc) is 2.33. The summed E-state index contributed by atoms with van der Waals surface area (Å²) in [5, 5.41) is 15.0. The van der Waals surface area contributed by atoms with Gasteiger partial charge >= 0.3 is 6.18 Å². The number of hydrogen-bond acceptors (Lipinski definition) is 3. The summed E-state index contributed by atoms with van der Waals surface area (Å²) in [6.07, 6.45) is -4.43. The molecule has 0 aliphatic rings. The van der Waals surface area contributed by atoms with Crippen molar-refractivity contribution in [2.75, 3.05) is 18.4 Å². The first kappa shape index (κ1) is 15.3. The molecule has 2 N–H and O–H groups in total. The number of alkyl halides is 3. The summed E-state index contributed by atoms with van der Waals surface area (Å²) in [4.78, 5) is 0. The van der Waals surface area contributed by atoms with Crippen molar-refractivity contribution < 1.29 is 13.2 Å². The maximum absolute atomic E-state index is 12.5. The summed E-state index contributed by atoms with van der Waals surface area (Å²) in [5.74, 6) is 0. The molecule has 0 heterocycles. The molecule has 3 nitrogen and oxygen atoms in total. The first-order chi connectivity index (χ1) is 8.84. The van der Waals surface area contributed by atoms with E-state index in [1.807, 2.05) is 13.8 Å². The fraction of sp³-hybridized carbons (Fsp3) is 0.462. The van der Waals surface area contributed by atoms with Gasteiger partial charge in [-0.05, 0) is 18.2 Å². The van der Waals surface area contributed by atoms with Crippen LogP contribution in [-0.4, -0.2) is 19.1 Å². The second-order valence-corrected chi connectivity index (χ2v) is 4.41. The number of rotatable bonds is 5. The number of benzene rings is 1. The second-order valence-electron chi connectivity index (χ2n) is 4.41. The molecule has 6 heteroatoms. The number of nitrogens with zero attached hydrogens (tertiary/aromatic N) is 1. The minimum absolute atomic E-state index is 0.000582. The summed E-state index contributed by atoms with van der Waals surface area (Å²) >= 11 is 0. The minimum Gasteiger partial charge on any atom is -0.383 e. The molecule has 0 radical (unpaired) electrons. The van der Waals surface area contributed by atoms with Crippen LogP contribution in [0.1, 0.15) is 25.0 Å². The van der Waals surface area contributed by atoms with E-state index < -0.39 is 11.7 Å². The fourth-order valence-electron chi connectivity index (χ4n) is 1.53. The molecule has 0 saturated carbocycles. The van der Waals surface area contributed by atoms with Crippen molar-refractivity contribution in [3.8, 4) is 6.07 Å². The lowest BCUT2D eigenvalue weighted by molar-refractivity contribution is -0.137. The molecular formula is C13H16F3N3. The number of hydrogen-bond donors (Lipinski definition) is 2. The molecule has 0 aliphatic carbocycles. The average molecular weight is 271 g/mol. The third kappa shape index (κ3) is 4.79. The van der Waals surface area contributed by atoms with Crippen LogP contribution in [0.3, 0.4) is 0 Å². The Morgan fingerprint density at radius 3 is 2.47 bits per heavy atom. The van der Waals surface area contributed by atoms with E-state index in [-0.39, 0.29) is 5.56 Å². The summed E-state index contributed by atoms with van der Waals surface area (Å²) in [6, 6.07) is 5.23. The van der Waals surface area contributed by atoms with Crippen molar-refractivity contribution >= 4 is 5.69 Å². The van der Waals surface area contributed by atoms with E-state index in [4.69, 9.17) is 5.26 Å². The molecule has 0 fully saturated rings. The van der Waals surface area contributed by atoms with Gasteiger partial charge in [0.15, 0.2) is 0 Å². The van der Waals surface area contributed by atoms with Crippen LogP contribution >= 0.6 is 0 Å². The summed E-state index contributed by atoms with van der Waals surface area (Å²) < 4.78 is 37.5. The van der Waals surface area contributed by atoms with E-state index in [9.17, 15) is 13.2 Å². The SMILES string of the molecule is CC(C)NCCNc1ccc(C(F)(F)F)cc1C#N. The minimum atomic E-state index is -4.43. The summed E-state index contributed by atoms with van der Waals surface area (Å²) in [5.41, 5.74) is -0.393. The molecule has 0 bridgehead atoms. The van der Waals surface area contributed by atoms with Crippen molar-refractivity contribution in [2.45, 2.75) is 26.1 Å². The molecule has 104 valence electrons. The van der Waals surface area contributed by atoms with Crippen LogP contribution in [0.4, 0.5) is 18.9 Å². The Morgan fingerprint density at radius 2 is 1.95 bits per heavy atom. The topological polar surface area (TPSA) is 47.8 Å². The third-order valence-corrected chi connectivity index (χ3v) is 2.46. The zero-order valence-corrected chi connectivity index (χ0v) is 10.8. The Balaban J connectivity index is 2.72. The molecule has 0 atom stereocenters. The highest BCUT2D eigenvalue weighted by Crippen LogP contribution is 2.31. The molecule has 0 amide bonds. The molecule has 0 unspecified atom stereocenters. The third-order valence-electron chi connectivity index (χ3n) is 2.46.